The normalized spacial score (nSPS) is 15.1. The lowest BCUT2D eigenvalue weighted by molar-refractivity contribution is 0.0426. The molecule has 0 saturated carbocycles. The zero-order valence-corrected chi connectivity index (χ0v) is 23.5. The van der Waals surface area contributed by atoms with Crippen LogP contribution in [0.2, 0.25) is 5.04 Å². The molecule has 4 nitrogen and oxygen atoms in total. The average molecular weight is 523 g/mol. The number of benzene rings is 3. The fraction of sp³-hybridized carbons (Fsp3) is 0.333. The van der Waals surface area contributed by atoms with Gasteiger partial charge in [-0.15, -0.1) is 6.58 Å². The molecule has 0 aliphatic rings. The Bertz CT molecular complexity index is 1170. The summed E-state index contributed by atoms with van der Waals surface area (Å²) in [6.07, 6.45) is 0.494. The van der Waals surface area contributed by atoms with E-state index in [1.807, 2.05) is 43.3 Å². The molecule has 0 fully saturated rings. The zero-order valence-electron chi connectivity index (χ0n) is 21.7. The largest absolute Gasteiger partial charge is 0.403 e. The predicted molar refractivity (Wildman–Crippen MR) is 151 cm³/mol. The van der Waals surface area contributed by atoms with Gasteiger partial charge in [-0.25, -0.2) is 8.42 Å². The Hall–Kier alpha value is -2.51. The number of aliphatic hydroxyl groups is 1. The van der Waals surface area contributed by atoms with Crippen molar-refractivity contribution in [1.29, 1.82) is 0 Å². The van der Waals surface area contributed by atoms with Crippen molar-refractivity contribution in [3.63, 3.8) is 0 Å². The highest BCUT2D eigenvalue weighted by atomic mass is 32.2. The summed E-state index contributed by atoms with van der Waals surface area (Å²) in [7, 11) is -6.72. The Morgan fingerprint density at radius 1 is 0.889 bits per heavy atom. The Morgan fingerprint density at radius 3 is 1.75 bits per heavy atom. The summed E-state index contributed by atoms with van der Waals surface area (Å²) in [6.45, 7) is 12.1. The maximum Gasteiger partial charge on any atom is 0.261 e. The highest BCUT2D eigenvalue weighted by molar-refractivity contribution is 7.91. The molecule has 3 rings (SSSR count). The van der Waals surface area contributed by atoms with Crippen LogP contribution in [-0.4, -0.2) is 39.8 Å². The smallest absolute Gasteiger partial charge is 0.261 e. The van der Waals surface area contributed by atoms with E-state index in [0.717, 1.165) is 10.4 Å². The van der Waals surface area contributed by atoms with Crippen molar-refractivity contribution < 1.29 is 18.0 Å². The third kappa shape index (κ3) is 6.06. The lowest BCUT2D eigenvalue weighted by Crippen LogP contribution is -2.68. The molecule has 0 aliphatic heterocycles. The third-order valence-corrected chi connectivity index (χ3v) is 13.7. The fourth-order valence-corrected chi connectivity index (χ4v) is 11.2. The molecule has 3 aromatic rings. The van der Waals surface area contributed by atoms with Gasteiger partial charge in [-0.3, -0.25) is 0 Å². The number of hydrogen-bond acceptors (Lipinski definition) is 4. The van der Waals surface area contributed by atoms with Crippen molar-refractivity contribution in [3.8, 4) is 0 Å². The molecule has 0 aromatic heterocycles. The Labute approximate surface area is 217 Å². The topological polar surface area (TPSA) is 63.6 Å². The van der Waals surface area contributed by atoms with Crippen molar-refractivity contribution in [2.24, 2.45) is 5.92 Å². The van der Waals surface area contributed by atoms with Gasteiger partial charge in [0, 0.05) is 5.92 Å². The molecule has 6 heteroatoms. The van der Waals surface area contributed by atoms with Gasteiger partial charge in [-0.2, -0.15) is 0 Å². The first-order valence-electron chi connectivity index (χ1n) is 12.4. The van der Waals surface area contributed by atoms with Crippen molar-refractivity contribution in [3.05, 3.63) is 104 Å². The molecule has 0 aliphatic carbocycles. The minimum atomic E-state index is -3.67. The first-order chi connectivity index (χ1) is 17.0. The highest BCUT2D eigenvalue weighted by Gasteiger charge is 2.52. The standard InChI is InChI=1S/C30H38O4SSi/c1-6-16-28(31)24(2)29(23-35(32,33)25-17-10-7-11-18-25)34-36(30(3,4)5,26-19-12-8-13-20-26)27-21-14-9-15-22-27/h6-15,17-22,24,28-29,31H,1,16,23H2,2-5H3/t24-,28+,29-/m1/s1. The monoisotopic (exact) mass is 522 g/mol. The molecule has 0 radical (unpaired) electrons. The molecule has 0 heterocycles. The predicted octanol–water partition coefficient (Wildman–Crippen LogP) is 4.98. The lowest BCUT2D eigenvalue weighted by Gasteiger charge is -2.46. The van der Waals surface area contributed by atoms with Crippen LogP contribution in [0.15, 0.2) is 109 Å². The van der Waals surface area contributed by atoms with E-state index in [9.17, 15) is 13.5 Å². The quantitative estimate of drug-likeness (QED) is 0.285. The maximum absolute atomic E-state index is 13.6. The zero-order chi connectivity index (χ0) is 26.4. The van der Waals surface area contributed by atoms with E-state index in [4.69, 9.17) is 4.43 Å². The SMILES string of the molecule is C=CC[C@H](O)[C@@H](C)[C@@H](CS(=O)(=O)c1ccccc1)O[Si](c1ccccc1)(c1ccccc1)C(C)(C)C. The molecular weight excluding hydrogens is 484 g/mol. The fourth-order valence-electron chi connectivity index (χ4n) is 4.78. The summed E-state index contributed by atoms with van der Waals surface area (Å²) in [6, 6.07) is 28.7. The Kier molecular flexibility index (Phi) is 9.11. The number of aliphatic hydroxyl groups excluding tert-OH is 1. The molecule has 36 heavy (non-hydrogen) atoms. The summed E-state index contributed by atoms with van der Waals surface area (Å²) in [5.41, 5.74) is 0. The second-order valence-corrected chi connectivity index (χ2v) is 16.7. The Balaban J connectivity index is 2.20. The van der Waals surface area contributed by atoms with Gasteiger partial charge in [-0.1, -0.05) is 113 Å². The van der Waals surface area contributed by atoms with E-state index >= 15 is 0 Å². The van der Waals surface area contributed by atoms with Crippen LogP contribution >= 0.6 is 0 Å². The number of rotatable bonds is 11. The number of sulfone groups is 1. The van der Waals surface area contributed by atoms with Crippen LogP contribution in [0, 0.1) is 5.92 Å². The maximum atomic E-state index is 13.6. The molecule has 0 amide bonds. The molecular formula is C30H38O4SSi. The van der Waals surface area contributed by atoms with Crippen molar-refractivity contribution in [2.45, 2.75) is 56.3 Å². The summed E-state index contributed by atoms with van der Waals surface area (Å²) in [4.78, 5) is 0.256. The van der Waals surface area contributed by atoms with Gasteiger partial charge in [0.15, 0.2) is 9.84 Å². The first-order valence-corrected chi connectivity index (χ1v) is 15.9. The molecule has 1 N–H and O–H groups in total. The third-order valence-electron chi connectivity index (χ3n) is 6.83. The van der Waals surface area contributed by atoms with Crippen molar-refractivity contribution in [1.82, 2.24) is 0 Å². The summed E-state index contributed by atoms with van der Waals surface area (Å²) < 4.78 is 34.4. The second kappa shape index (κ2) is 11.7. The van der Waals surface area contributed by atoms with E-state index in [1.54, 1.807) is 36.4 Å². The van der Waals surface area contributed by atoms with Gasteiger partial charge >= 0.3 is 0 Å². The summed E-state index contributed by atoms with van der Waals surface area (Å²) in [5, 5.41) is 12.8. The van der Waals surface area contributed by atoms with Crippen LogP contribution in [0.25, 0.3) is 0 Å². The van der Waals surface area contributed by atoms with Crippen LogP contribution < -0.4 is 10.4 Å². The van der Waals surface area contributed by atoms with Gasteiger partial charge < -0.3 is 9.53 Å². The van der Waals surface area contributed by atoms with Crippen LogP contribution in [0.3, 0.4) is 0 Å². The first kappa shape index (κ1) is 28.1. The van der Waals surface area contributed by atoms with E-state index < -0.39 is 36.3 Å². The van der Waals surface area contributed by atoms with E-state index in [0.29, 0.717) is 6.42 Å². The van der Waals surface area contributed by atoms with E-state index in [-0.39, 0.29) is 15.7 Å². The average Bonchev–Trinajstić information content (AvgIpc) is 2.87. The van der Waals surface area contributed by atoms with Gasteiger partial charge in [0.05, 0.1) is 22.9 Å². The van der Waals surface area contributed by atoms with E-state index in [1.165, 1.54) is 0 Å². The van der Waals surface area contributed by atoms with Gasteiger partial charge in [0.2, 0.25) is 0 Å². The highest BCUT2D eigenvalue weighted by Crippen LogP contribution is 2.39. The second-order valence-electron chi connectivity index (χ2n) is 10.4. The molecule has 0 saturated heterocycles. The molecule has 0 unspecified atom stereocenters. The minimum absolute atomic E-state index is 0.225. The lowest BCUT2D eigenvalue weighted by atomic mass is 9.97. The van der Waals surface area contributed by atoms with E-state index in [2.05, 4.69) is 51.6 Å². The van der Waals surface area contributed by atoms with Gasteiger partial charge in [-0.05, 0) is 34.0 Å². The molecule has 3 aromatic carbocycles. The van der Waals surface area contributed by atoms with Crippen molar-refractivity contribution >= 4 is 28.5 Å². The molecule has 192 valence electrons. The van der Waals surface area contributed by atoms with Gasteiger partial charge in [0.1, 0.15) is 0 Å². The summed E-state index contributed by atoms with van der Waals surface area (Å²) in [5.74, 6) is -0.667. The van der Waals surface area contributed by atoms with Crippen LogP contribution in [-0.2, 0) is 14.3 Å². The minimum Gasteiger partial charge on any atom is -0.403 e. The molecule has 0 spiro atoms. The number of hydrogen-bond donors (Lipinski definition) is 1. The molecule has 0 bridgehead atoms. The van der Waals surface area contributed by atoms with Crippen LogP contribution in [0.5, 0.6) is 0 Å². The van der Waals surface area contributed by atoms with Crippen molar-refractivity contribution in [2.75, 3.05) is 5.75 Å². The molecule has 3 atom stereocenters. The van der Waals surface area contributed by atoms with Gasteiger partial charge in [0.25, 0.3) is 8.32 Å². The van der Waals surface area contributed by atoms with Crippen LogP contribution in [0.4, 0.5) is 0 Å². The van der Waals surface area contributed by atoms with Crippen LogP contribution in [0.1, 0.15) is 34.1 Å². The Morgan fingerprint density at radius 2 is 1.33 bits per heavy atom. The summed E-state index contributed by atoms with van der Waals surface area (Å²) >= 11 is 0.